The molecule has 0 aliphatic carbocycles. The number of rotatable bonds is 9. The molecule has 1 heterocycles. The number of urea groups is 1. The largest absolute Gasteiger partial charge is 0.463 e. The van der Waals surface area contributed by atoms with Gasteiger partial charge in [0, 0.05) is 10.6 Å². The first-order valence-electron chi connectivity index (χ1n) is 9.31. The van der Waals surface area contributed by atoms with E-state index < -0.39 is 6.04 Å². The van der Waals surface area contributed by atoms with Gasteiger partial charge in [-0.25, -0.2) is 9.59 Å². The molecular formula is C20H28N2O3S. The lowest BCUT2D eigenvalue weighted by Gasteiger charge is -2.29. The average molecular weight is 377 g/mol. The van der Waals surface area contributed by atoms with Crippen LogP contribution in [0.4, 0.5) is 4.79 Å². The number of carbonyl (C=O) groups excluding carboxylic acids is 2. The fourth-order valence-corrected chi connectivity index (χ4v) is 3.61. The van der Waals surface area contributed by atoms with Crippen molar-refractivity contribution in [2.24, 2.45) is 0 Å². The number of unbranched alkanes of at least 4 members (excludes halogenated alkanes) is 1. The van der Waals surface area contributed by atoms with Crippen molar-refractivity contribution in [3.05, 3.63) is 41.1 Å². The van der Waals surface area contributed by atoms with Crippen LogP contribution in [-0.4, -0.2) is 24.4 Å². The molecule has 6 heteroatoms. The molecule has 0 saturated carbocycles. The van der Waals surface area contributed by atoms with Gasteiger partial charge in [0.1, 0.15) is 0 Å². The molecule has 1 aliphatic rings. The number of carbonyl (C=O) groups is 2. The summed E-state index contributed by atoms with van der Waals surface area (Å²) in [4.78, 5) is 25.9. The first kappa shape index (κ1) is 20.4. The molecule has 0 spiro atoms. The second kappa shape index (κ2) is 10.3. The molecule has 0 aromatic heterocycles. The van der Waals surface area contributed by atoms with Gasteiger partial charge in [-0.3, -0.25) is 0 Å². The van der Waals surface area contributed by atoms with Crippen molar-refractivity contribution in [1.29, 1.82) is 0 Å². The first-order valence-corrected chi connectivity index (χ1v) is 10.3. The molecule has 0 bridgehead atoms. The quantitative estimate of drug-likeness (QED) is 0.490. The van der Waals surface area contributed by atoms with Gasteiger partial charge in [0.2, 0.25) is 0 Å². The normalized spacial score (nSPS) is 16.9. The minimum atomic E-state index is -0.486. The van der Waals surface area contributed by atoms with Gasteiger partial charge in [-0.05, 0) is 49.6 Å². The van der Waals surface area contributed by atoms with Gasteiger partial charge >= 0.3 is 12.0 Å². The fourth-order valence-electron chi connectivity index (χ4n) is 2.84. The Bertz CT molecular complexity index is 656. The third-order valence-corrected chi connectivity index (χ3v) is 5.33. The number of ether oxygens (including phenoxy) is 1. The summed E-state index contributed by atoms with van der Waals surface area (Å²) in [6.07, 6.45) is 3.65. The van der Waals surface area contributed by atoms with Crippen LogP contribution in [0.3, 0.4) is 0 Å². The van der Waals surface area contributed by atoms with Crippen LogP contribution < -0.4 is 10.6 Å². The maximum absolute atomic E-state index is 12.6. The number of hydrogen-bond acceptors (Lipinski definition) is 4. The number of hydrogen-bond donors (Lipinski definition) is 2. The summed E-state index contributed by atoms with van der Waals surface area (Å²) in [5.41, 5.74) is 2.06. The topological polar surface area (TPSA) is 67.4 Å². The molecule has 1 aromatic carbocycles. The summed E-state index contributed by atoms with van der Waals surface area (Å²) in [6.45, 7) is 6.32. The minimum absolute atomic E-state index is 0.279. The molecule has 5 nitrogen and oxygen atoms in total. The Balaban J connectivity index is 2.35. The monoisotopic (exact) mass is 376 g/mol. The summed E-state index contributed by atoms with van der Waals surface area (Å²) in [5.74, 6) is 0.694. The Labute approximate surface area is 160 Å². The van der Waals surface area contributed by atoms with Crippen molar-refractivity contribution in [3.63, 3.8) is 0 Å². The predicted octanol–water partition coefficient (Wildman–Crippen LogP) is 4.55. The van der Waals surface area contributed by atoms with Crippen LogP contribution in [0.15, 0.2) is 40.4 Å². The van der Waals surface area contributed by atoms with E-state index in [4.69, 9.17) is 4.74 Å². The maximum atomic E-state index is 12.6. The Morgan fingerprint density at radius 2 is 1.88 bits per heavy atom. The smallest absolute Gasteiger partial charge is 0.338 e. The average Bonchev–Trinajstić information content (AvgIpc) is 2.64. The van der Waals surface area contributed by atoms with Gasteiger partial charge < -0.3 is 15.4 Å². The number of esters is 1. The second-order valence-corrected chi connectivity index (χ2v) is 7.33. The van der Waals surface area contributed by atoms with E-state index in [1.54, 1.807) is 18.7 Å². The highest BCUT2D eigenvalue weighted by atomic mass is 32.2. The van der Waals surface area contributed by atoms with Gasteiger partial charge in [-0.2, -0.15) is 0 Å². The van der Waals surface area contributed by atoms with E-state index in [-0.39, 0.29) is 12.0 Å². The Morgan fingerprint density at radius 3 is 2.50 bits per heavy atom. The molecule has 2 N–H and O–H groups in total. The molecule has 2 amide bonds. The van der Waals surface area contributed by atoms with Crippen LogP contribution >= 0.6 is 11.8 Å². The van der Waals surface area contributed by atoms with Crippen LogP contribution in [0.1, 0.15) is 58.1 Å². The summed E-state index contributed by atoms with van der Waals surface area (Å²) < 4.78 is 5.26. The molecular weight excluding hydrogens is 348 g/mol. The minimum Gasteiger partial charge on any atom is -0.463 e. The first-order chi connectivity index (χ1) is 12.6. The van der Waals surface area contributed by atoms with E-state index in [9.17, 15) is 9.59 Å². The Morgan fingerprint density at radius 1 is 1.15 bits per heavy atom. The number of nitrogens with one attached hydrogen (secondary N) is 2. The van der Waals surface area contributed by atoms with E-state index >= 15 is 0 Å². The highest BCUT2D eigenvalue weighted by Gasteiger charge is 2.33. The van der Waals surface area contributed by atoms with Crippen molar-refractivity contribution in [3.8, 4) is 0 Å². The van der Waals surface area contributed by atoms with E-state index in [0.29, 0.717) is 24.3 Å². The number of allylic oxidation sites excluding steroid dienone is 1. The predicted molar refractivity (Wildman–Crippen MR) is 105 cm³/mol. The highest BCUT2D eigenvalue weighted by molar-refractivity contribution is 7.99. The zero-order chi connectivity index (χ0) is 18.9. The summed E-state index contributed by atoms with van der Waals surface area (Å²) in [7, 11) is 0. The molecule has 0 fully saturated rings. The lowest BCUT2D eigenvalue weighted by molar-refractivity contribution is -0.139. The fraction of sp³-hybridized carbons (Fsp3) is 0.500. The van der Waals surface area contributed by atoms with Crippen molar-refractivity contribution >= 4 is 23.8 Å². The van der Waals surface area contributed by atoms with Crippen LogP contribution in [0, 0.1) is 0 Å². The summed E-state index contributed by atoms with van der Waals surface area (Å²) >= 11 is 1.80. The summed E-state index contributed by atoms with van der Waals surface area (Å²) in [5, 5.41) is 5.68. The summed E-state index contributed by atoms with van der Waals surface area (Å²) in [6, 6.07) is 7.27. The lowest BCUT2D eigenvalue weighted by atomic mass is 9.93. The molecule has 0 saturated heterocycles. The van der Waals surface area contributed by atoms with E-state index in [2.05, 4.69) is 24.5 Å². The number of benzene rings is 1. The van der Waals surface area contributed by atoms with Gasteiger partial charge in [0.05, 0.1) is 18.2 Å². The SMILES string of the molecule is CCCCC1=C(C(=O)OCC)C(c2ccc(SCCC)cc2)NC(=O)N1. The van der Waals surface area contributed by atoms with Crippen molar-refractivity contribution in [2.45, 2.75) is 57.4 Å². The van der Waals surface area contributed by atoms with Gasteiger partial charge in [-0.15, -0.1) is 11.8 Å². The van der Waals surface area contributed by atoms with E-state index in [0.717, 1.165) is 30.6 Å². The second-order valence-electron chi connectivity index (χ2n) is 6.17. The number of thioether (sulfide) groups is 1. The number of amides is 2. The van der Waals surface area contributed by atoms with Crippen LogP contribution in [0.25, 0.3) is 0 Å². The van der Waals surface area contributed by atoms with Crippen molar-refractivity contribution in [2.75, 3.05) is 12.4 Å². The van der Waals surface area contributed by atoms with Crippen LogP contribution in [0.5, 0.6) is 0 Å². The zero-order valence-electron chi connectivity index (χ0n) is 15.8. The van der Waals surface area contributed by atoms with Gasteiger partial charge in [-0.1, -0.05) is 32.4 Å². The Hall–Kier alpha value is -1.95. The molecule has 1 atom stereocenters. The highest BCUT2D eigenvalue weighted by Crippen LogP contribution is 2.31. The van der Waals surface area contributed by atoms with Gasteiger partial charge in [0.15, 0.2) is 0 Å². The third-order valence-electron chi connectivity index (χ3n) is 4.12. The Kier molecular flexibility index (Phi) is 8.04. The third kappa shape index (κ3) is 5.27. The molecule has 0 radical (unpaired) electrons. The molecule has 1 unspecified atom stereocenters. The van der Waals surface area contributed by atoms with Crippen molar-refractivity contribution < 1.29 is 14.3 Å². The van der Waals surface area contributed by atoms with Gasteiger partial charge in [0.25, 0.3) is 0 Å². The molecule has 1 aliphatic heterocycles. The molecule has 1 aromatic rings. The van der Waals surface area contributed by atoms with E-state index in [1.807, 2.05) is 24.3 Å². The molecule has 2 rings (SSSR count). The van der Waals surface area contributed by atoms with Crippen molar-refractivity contribution in [1.82, 2.24) is 10.6 Å². The lowest BCUT2D eigenvalue weighted by Crippen LogP contribution is -2.46. The standard InChI is InChI=1S/C20H28N2O3S/c1-4-7-8-16-17(19(23)25-6-3)18(22-20(24)21-16)14-9-11-15(12-10-14)26-13-5-2/h9-12,18H,4-8,13H2,1-3H3,(H2,21,22,24). The zero-order valence-corrected chi connectivity index (χ0v) is 16.6. The molecule has 142 valence electrons. The van der Waals surface area contributed by atoms with Crippen LogP contribution in [0.2, 0.25) is 0 Å². The van der Waals surface area contributed by atoms with E-state index in [1.165, 1.54) is 4.90 Å². The molecule has 26 heavy (non-hydrogen) atoms. The maximum Gasteiger partial charge on any atom is 0.338 e. The van der Waals surface area contributed by atoms with Crippen LogP contribution in [-0.2, 0) is 9.53 Å².